The molecule has 104 valence electrons. The molecule has 1 atom stereocenters. The van der Waals surface area contributed by atoms with Crippen molar-refractivity contribution in [3.05, 3.63) is 34.1 Å². The van der Waals surface area contributed by atoms with E-state index in [1.165, 1.54) is 6.07 Å². The number of carboxylic acid groups (broad SMARTS) is 1. The smallest absolute Gasteiger partial charge is 0.304 e. The summed E-state index contributed by atoms with van der Waals surface area (Å²) in [5.74, 6) is 0.717. The highest BCUT2D eigenvalue weighted by Crippen LogP contribution is 2.23. The Balaban J connectivity index is 2.08. The van der Waals surface area contributed by atoms with Gasteiger partial charge < -0.3 is 5.11 Å². The molecular formula is C13H15BrFNO2S. The predicted molar refractivity (Wildman–Crippen MR) is 77.9 cm³/mol. The number of carbonyl (C=O) groups is 1. The lowest BCUT2D eigenvalue weighted by Crippen LogP contribution is -2.43. The van der Waals surface area contributed by atoms with Crippen molar-refractivity contribution in [1.82, 2.24) is 4.90 Å². The molecule has 1 aliphatic rings. The van der Waals surface area contributed by atoms with E-state index >= 15 is 0 Å². The maximum atomic E-state index is 13.8. The van der Waals surface area contributed by atoms with E-state index in [0.717, 1.165) is 18.1 Å². The van der Waals surface area contributed by atoms with E-state index in [4.69, 9.17) is 5.11 Å². The van der Waals surface area contributed by atoms with Gasteiger partial charge in [0.2, 0.25) is 0 Å². The standard InChI is InChI=1S/C13H15BrFNO2S/c14-10-2-1-9(12(15)5-10)7-16-3-4-19-8-11(16)6-13(17)18/h1-2,5,11H,3-4,6-8H2,(H,17,18). The molecule has 0 bridgehead atoms. The molecule has 1 unspecified atom stereocenters. The zero-order chi connectivity index (χ0) is 13.8. The molecule has 0 radical (unpaired) electrons. The summed E-state index contributed by atoms with van der Waals surface area (Å²) in [7, 11) is 0. The van der Waals surface area contributed by atoms with Gasteiger partial charge in [-0.05, 0) is 12.1 Å². The van der Waals surface area contributed by atoms with Crippen LogP contribution in [0.15, 0.2) is 22.7 Å². The van der Waals surface area contributed by atoms with Crippen LogP contribution in [0.1, 0.15) is 12.0 Å². The maximum Gasteiger partial charge on any atom is 0.304 e. The molecule has 19 heavy (non-hydrogen) atoms. The SMILES string of the molecule is O=C(O)CC1CSCCN1Cc1ccc(Br)cc1F. The van der Waals surface area contributed by atoms with Crippen molar-refractivity contribution >= 4 is 33.7 Å². The molecule has 1 aromatic rings. The minimum atomic E-state index is -0.797. The normalized spacial score (nSPS) is 20.4. The van der Waals surface area contributed by atoms with Gasteiger partial charge in [-0.1, -0.05) is 22.0 Å². The summed E-state index contributed by atoms with van der Waals surface area (Å²) in [4.78, 5) is 12.9. The Hall–Kier alpha value is -0.590. The molecule has 0 saturated carbocycles. The van der Waals surface area contributed by atoms with Gasteiger partial charge >= 0.3 is 5.97 Å². The molecule has 1 aliphatic heterocycles. The Morgan fingerprint density at radius 3 is 3.05 bits per heavy atom. The zero-order valence-electron chi connectivity index (χ0n) is 10.3. The summed E-state index contributed by atoms with van der Waals surface area (Å²) in [5, 5.41) is 8.92. The molecule has 0 aromatic heterocycles. The van der Waals surface area contributed by atoms with Gasteiger partial charge in [-0.25, -0.2) is 4.39 Å². The summed E-state index contributed by atoms with van der Waals surface area (Å²) in [6.45, 7) is 1.27. The minimum Gasteiger partial charge on any atom is -0.481 e. The summed E-state index contributed by atoms with van der Waals surface area (Å²) in [6.07, 6.45) is 0.116. The summed E-state index contributed by atoms with van der Waals surface area (Å²) >= 11 is 4.99. The summed E-state index contributed by atoms with van der Waals surface area (Å²) in [5.41, 5.74) is 0.616. The third kappa shape index (κ3) is 4.19. The van der Waals surface area contributed by atoms with E-state index in [0.29, 0.717) is 16.6 Å². The number of thioether (sulfide) groups is 1. The molecule has 0 aliphatic carbocycles. The lowest BCUT2D eigenvalue weighted by Gasteiger charge is -2.34. The lowest BCUT2D eigenvalue weighted by atomic mass is 10.1. The molecule has 6 heteroatoms. The van der Waals surface area contributed by atoms with Crippen LogP contribution in [0.5, 0.6) is 0 Å². The molecular weight excluding hydrogens is 333 g/mol. The predicted octanol–water partition coefficient (Wildman–Crippen LogP) is 2.98. The van der Waals surface area contributed by atoms with Crippen molar-refractivity contribution in [2.45, 2.75) is 19.0 Å². The second-order valence-corrected chi connectivity index (χ2v) is 6.60. The van der Waals surface area contributed by atoms with Crippen molar-refractivity contribution in [3.8, 4) is 0 Å². The largest absolute Gasteiger partial charge is 0.481 e. The van der Waals surface area contributed by atoms with E-state index in [-0.39, 0.29) is 18.3 Å². The third-order valence-corrected chi connectivity index (χ3v) is 4.73. The van der Waals surface area contributed by atoms with Gasteiger partial charge in [0.25, 0.3) is 0 Å². The average Bonchev–Trinajstić information content (AvgIpc) is 2.34. The Kier molecular flexibility index (Phi) is 5.24. The number of rotatable bonds is 4. The number of hydrogen-bond donors (Lipinski definition) is 1. The van der Waals surface area contributed by atoms with Crippen LogP contribution in [0.3, 0.4) is 0 Å². The monoisotopic (exact) mass is 347 g/mol. The van der Waals surface area contributed by atoms with E-state index in [1.807, 2.05) is 6.07 Å². The molecule has 1 heterocycles. The topological polar surface area (TPSA) is 40.5 Å². The summed E-state index contributed by atoms with van der Waals surface area (Å²) in [6, 6.07) is 4.99. The average molecular weight is 348 g/mol. The van der Waals surface area contributed by atoms with Crippen LogP contribution in [-0.4, -0.2) is 40.1 Å². The molecule has 1 fully saturated rings. The van der Waals surface area contributed by atoms with E-state index in [1.54, 1.807) is 17.8 Å². The van der Waals surface area contributed by atoms with E-state index < -0.39 is 5.97 Å². The van der Waals surface area contributed by atoms with Crippen LogP contribution < -0.4 is 0 Å². The Labute approximate surface area is 124 Å². The van der Waals surface area contributed by atoms with Gasteiger partial charge in [0.15, 0.2) is 0 Å². The van der Waals surface area contributed by atoms with Crippen LogP contribution in [0.2, 0.25) is 0 Å². The second kappa shape index (κ2) is 6.72. The highest BCUT2D eigenvalue weighted by atomic mass is 79.9. The van der Waals surface area contributed by atoms with Crippen LogP contribution in [0.25, 0.3) is 0 Å². The Morgan fingerprint density at radius 2 is 2.37 bits per heavy atom. The molecule has 1 N–H and O–H groups in total. The fraction of sp³-hybridized carbons (Fsp3) is 0.462. The first-order valence-electron chi connectivity index (χ1n) is 6.04. The number of hydrogen-bond acceptors (Lipinski definition) is 3. The van der Waals surface area contributed by atoms with Crippen molar-refractivity contribution in [2.24, 2.45) is 0 Å². The lowest BCUT2D eigenvalue weighted by molar-refractivity contribution is -0.138. The number of carboxylic acids is 1. The van der Waals surface area contributed by atoms with Crippen LogP contribution >= 0.6 is 27.7 Å². The van der Waals surface area contributed by atoms with Crippen molar-refractivity contribution in [3.63, 3.8) is 0 Å². The van der Waals surface area contributed by atoms with E-state index in [9.17, 15) is 9.18 Å². The summed E-state index contributed by atoms with van der Waals surface area (Å²) < 4.78 is 14.5. The number of nitrogens with zero attached hydrogens (tertiary/aromatic N) is 1. The Morgan fingerprint density at radius 1 is 1.58 bits per heavy atom. The second-order valence-electron chi connectivity index (χ2n) is 4.53. The van der Waals surface area contributed by atoms with Gasteiger partial charge in [-0.3, -0.25) is 9.69 Å². The number of halogens is 2. The molecule has 0 spiro atoms. The first kappa shape index (κ1) is 14.8. The van der Waals surface area contributed by atoms with Crippen LogP contribution in [0, 0.1) is 5.82 Å². The van der Waals surface area contributed by atoms with Gasteiger partial charge in [-0.2, -0.15) is 11.8 Å². The quantitative estimate of drug-likeness (QED) is 0.908. The van der Waals surface area contributed by atoms with Gasteiger partial charge in [-0.15, -0.1) is 0 Å². The molecule has 0 amide bonds. The van der Waals surface area contributed by atoms with Gasteiger partial charge in [0.05, 0.1) is 6.42 Å². The first-order chi connectivity index (χ1) is 9.06. The fourth-order valence-corrected chi connectivity index (χ4v) is 3.62. The van der Waals surface area contributed by atoms with Crippen molar-refractivity contribution < 1.29 is 14.3 Å². The molecule has 1 saturated heterocycles. The zero-order valence-corrected chi connectivity index (χ0v) is 12.7. The minimum absolute atomic E-state index is 0.0145. The third-order valence-electron chi connectivity index (χ3n) is 3.15. The maximum absolute atomic E-state index is 13.8. The van der Waals surface area contributed by atoms with Crippen LogP contribution in [0.4, 0.5) is 4.39 Å². The Bertz CT molecular complexity index is 472. The van der Waals surface area contributed by atoms with Crippen molar-refractivity contribution in [2.75, 3.05) is 18.1 Å². The van der Waals surface area contributed by atoms with Crippen LogP contribution in [-0.2, 0) is 11.3 Å². The molecule has 1 aromatic carbocycles. The van der Waals surface area contributed by atoms with Gasteiger partial charge in [0.1, 0.15) is 5.82 Å². The molecule has 2 rings (SSSR count). The number of aliphatic carboxylic acids is 1. The van der Waals surface area contributed by atoms with E-state index in [2.05, 4.69) is 20.8 Å². The highest BCUT2D eigenvalue weighted by molar-refractivity contribution is 9.10. The van der Waals surface area contributed by atoms with Gasteiger partial charge in [0, 0.05) is 40.7 Å². The number of benzene rings is 1. The van der Waals surface area contributed by atoms with Crippen molar-refractivity contribution in [1.29, 1.82) is 0 Å². The first-order valence-corrected chi connectivity index (χ1v) is 7.98. The highest BCUT2D eigenvalue weighted by Gasteiger charge is 2.25. The molecule has 3 nitrogen and oxygen atoms in total. The fourth-order valence-electron chi connectivity index (χ4n) is 2.16.